The first kappa shape index (κ1) is 21.7. The molecule has 28 heavy (non-hydrogen) atoms. The summed E-state index contributed by atoms with van der Waals surface area (Å²) in [4.78, 5) is 2.49. The lowest BCUT2D eigenvalue weighted by atomic mass is 9.85. The number of methoxy groups -OCH3 is 1. The van der Waals surface area contributed by atoms with Crippen molar-refractivity contribution in [3.8, 4) is 11.5 Å². The Morgan fingerprint density at radius 3 is 2.54 bits per heavy atom. The van der Waals surface area contributed by atoms with Crippen molar-refractivity contribution in [2.75, 3.05) is 26.8 Å². The second kappa shape index (κ2) is 8.00. The van der Waals surface area contributed by atoms with Crippen LogP contribution in [0.2, 0.25) is 5.02 Å². The van der Waals surface area contributed by atoms with Gasteiger partial charge in [0.15, 0.2) is 11.5 Å². The molecule has 0 radical (unpaired) electrons. The highest BCUT2D eigenvalue weighted by Gasteiger charge is 2.37. The van der Waals surface area contributed by atoms with Crippen molar-refractivity contribution in [2.24, 2.45) is 0 Å². The van der Waals surface area contributed by atoms with Gasteiger partial charge < -0.3 is 14.2 Å². The van der Waals surface area contributed by atoms with Crippen LogP contribution < -0.4 is 9.47 Å². The Balaban J connectivity index is 1.84. The molecule has 0 aliphatic carbocycles. The van der Waals surface area contributed by atoms with Crippen LogP contribution in [0.1, 0.15) is 64.6 Å². The zero-order valence-electron chi connectivity index (χ0n) is 17.9. The van der Waals surface area contributed by atoms with E-state index in [0.717, 1.165) is 37.9 Å². The highest BCUT2D eigenvalue weighted by Crippen LogP contribution is 2.47. The van der Waals surface area contributed by atoms with E-state index in [1.165, 1.54) is 19.4 Å². The van der Waals surface area contributed by atoms with E-state index >= 15 is 0 Å². The summed E-state index contributed by atoms with van der Waals surface area (Å²) in [7, 11) is 1.60. The van der Waals surface area contributed by atoms with Gasteiger partial charge >= 0.3 is 0 Å². The summed E-state index contributed by atoms with van der Waals surface area (Å²) in [5.41, 5.74) is 0.737. The smallest absolute Gasteiger partial charge is 0.180 e. The lowest BCUT2D eigenvalue weighted by Gasteiger charge is -2.45. The second-order valence-electron chi connectivity index (χ2n) is 9.49. The molecular weight excluding hydrogens is 381 g/mol. The zero-order valence-corrected chi connectivity index (χ0v) is 18.7. The topological polar surface area (TPSA) is 30.9 Å². The van der Waals surface area contributed by atoms with Crippen LogP contribution in [0, 0.1) is 0 Å². The van der Waals surface area contributed by atoms with Crippen molar-refractivity contribution in [2.45, 2.75) is 77.3 Å². The highest BCUT2D eigenvalue weighted by molar-refractivity contribution is 6.33. The number of fused-ring (bicyclic) bond motifs is 3. The van der Waals surface area contributed by atoms with E-state index in [1.807, 2.05) is 6.07 Å². The van der Waals surface area contributed by atoms with Crippen LogP contribution >= 0.6 is 11.6 Å². The van der Waals surface area contributed by atoms with Crippen LogP contribution in [0.3, 0.4) is 0 Å². The third kappa shape index (κ3) is 4.92. The van der Waals surface area contributed by atoms with Gasteiger partial charge in [0.25, 0.3) is 0 Å². The minimum absolute atomic E-state index is 0.0662. The Labute approximate surface area is 173 Å². The Morgan fingerprint density at radius 2 is 1.93 bits per heavy atom. The van der Waals surface area contributed by atoms with E-state index in [9.17, 15) is 4.39 Å². The Kier molecular flexibility index (Phi) is 6.19. The minimum Gasteiger partial charge on any atom is -0.493 e. The molecule has 0 saturated carbocycles. The molecule has 0 bridgehead atoms. The van der Waals surface area contributed by atoms with Crippen molar-refractivity contribution < 1.29 is 18.6 Å². The minimum atomic E-state index is -1.44. The number of nitrogens with zero attached hydrogens (tertiary/aromatic N) is 1. The molecule has 3 rings (SSSR count). The fraction of sp³-hybridized carbons (Fsp3) is 0.727. The fourth-order valence-electron chi connectivity index (χ4n) is 4.20. The average molecular weight is 414 g/mol. The molecule has 1 fully saturated rings. The van der Waals surface area contributed by atoms with E-state index in [2.05, 4.69) is 25.7 Å². The van der Waals surface area contributed by atoms with E-state index in [1.54, 1.807) is 7.11 Å². The van der Waals surface area contributed by atoms with Gasteiger partial charge in [0.05, 0.1) is 23.8 Å². The molecule has 1 aromatic rings. The number of ether oxygens (including phenoxy) is 3. The predicted octanol–water partition coefficient (Wildman–Crippen LogP) is 5.35. The van der Waals surface area contributed by atoms with Gasteiger partial charge in [-0.1, -0.05) is 11.6 Å². The molecule has 1 aromatic carbocycles. The lowest BCUT2D eigenvalue weighted by Crippen LogP contribution is -2.47. The molecule has 6 heteroatoms. The second-order valence-corrected chi connectivity index (χ2v) is 9.87. The first-order valence-electron chi connectivity index (χ1n) is 10.1. The molecule has 4 nitrogen and oxygen atoms in total. The van der Waals surface area contributed by atoms with Gasteiger partial charge in [0, 0.05) is 19.1 Å². The van der Waals surface area contributed by atoms with E-state index < -0.39 is 5.67 Å². The van der Waals surface area contributed by atoms with Crippen molar-refractivity contribution in [3.63, 3.8) is 0 Å². The molecular formula is C22H33ClFNO3. The van der Waals surface area contributed by atoms with Crippen LogP contribution in [0.5, 0.6) is 11.5 Å². The normalized spacial score (nSPS) is 23.1. The van der Waals surface area contributed by atoms with Gasteiger partial charge in [-0.15, -0.1) is 0 Å². The van der Waals surface area contributed by atoms with E-state index in [4.69, 9.17) is 25.8 Å². The Hall–Kier alpha value is -1.04. The zero-order chi connectivity index (χ0) is 20.7. The van der Waals surface area contributed by atoms with Gasteiger partial charge in [-0.2, -0.15) is 0 Å². The van der Waals surface area contributed by atoms with Crippen molar-refractivity contribution in [3.05, 3.63) is 22.2 Å². The highest BCUT2D eigenvalue weighted by atomic mass is 35.5. The molecule has 0 spiro atoms. The monoisotopic (exact) mass is 413 g/mol. The number of piperidine rings is 1. The fourth-order valence-corrected chi connectivity index (χ4v) is 4.56. The summed E-state index contributed by atoms with van der Waals surface area (Å²) in [5, 5.41) is 0.561. The predicted molar refractivity (Wildman–Crippen MR) is 111 cm³/mol. The standard InChI is InChI=1S/C22H33ClFNO3/c1-21(2,3)28-14-7-8-17-16-11-18(26-6)20(27-13-22(4,5)24)19(23)15(16)9-10-25(17)12-14/h11,14,17H,7-10,12-13H2,1-6H3. The lowest BCUT2D eigenvalue weighted by molar-refractivity contribution is -0.0971. The average Bonchev–Trinajstić information content (AvgIpc) is 2.57. The van der Waals surface area contributed by atoms with Crippen LogP contribution in [0.15, 0.2) is 6.07 Å². The van der Waals surface area contributed by atoms with Crippen LogP contribution in [0.4, 0.5) is 4.39 Å². The summed E-state index contributed by atoms with van der Waals surface area (Å²) in [6, 6.07) is 2.34. The first-order chi connectivity index (χ1) is 13.0. The molecule has 2 atom stereocenters. The van der Waals surface area contributed by atoms with Gasteiger partial charge in [-0.05, 0) is 71.1 Å². The summed E-state index contributed by atoms with van der Waals surface area (Å²) >= 11 is 6.72. The summed E-state index contributed by atoms with van der Waals surface area (Å²) < 4.78 is 31.4. The third-order valence-corrected chi connectivity index (χ3v) is 5.67. The number of alkyl halides is 1. The SMILES string of the molecule is COc1cc2c(c(Cl)c1OCC(C)(C)F)CCN1CC(OC(C)(C)C)CCC21. The van der Waals surface area contributed by atoms with Gasteiger partial charge in [-0.3, -0.25) is 4.90 Å². The molecule has 2 unspecified atom stereocenters. The number of hydrogen-bond acceptors (Lipinski definition) is 4. The van der Waals surface area contributed by atoms with Gasteiger partial charge in [0.2, 0.25) is 0 Å². The van der Waals surface area contributed by atoms with E-state index in [0.29, 0.717) is 22.6 Å². The van der Waals surface area contributed by atoms with Crippen LogP contribution in [0.25, 0.3) is 0 Å². The molecule has 0 aromatic heterocycles. The van der Waals surface area contributed by atoms with Crippen molar-refractivity contribution >= 4 is 11.6 Å². The summed E-state index contributed by atoms with van der Waals surface area (Å²) in [6.45, 7) is 11.1. The maximum atomic E-state index is 13.9. The Bertz CT molecular complexity index is 711. The number of benzene rings is 1. The summed E-state index contributed by atoms with van der Waals surface area (Å²) in [5.74, 6) is 1.02. The molecule has 1 saturated heterocycles. The quantitative estimate of drug-likeness (QED) is 0.650. The van der Waals surface area contributed by atoms with E-state index in [-0.39, 0.29) is 18.3 Å². The van der Waals surface area contributed by atoms with Gasteiger partial charge in [-0.25, -0.2) is 4.39 Å². The van der Waals surface area contributed by atoms with Crippen LogP contribution in [-0.2, 0) is 11.2 Å². The Morgan fingerprint density at radius 1 is 1.21 bits per heavy atom. The van der Waals surface area contributed by atoms with Crippen molar-refractivity contribution in [1.29, 1.82) is 0 Å². The maximum absolute atomic E-state index is 13.9. The largest absolute Gasteiger partial charge is 0.493 e. The molecule has 0 N–H and O–H groups in total. The maximum Gasteiger partial charge on any atom is 0.180 e. The number of halogens is 2. The van der Waals surface area contributed by atoms with Gasteiger partial charge in [0.1, 0.15) is 12.3 Å². The molecule has 2 aliphatic heterocycles. The molecule has 158 valence electrons. The summed E-state index contributed by atoms with van der Waals surface area (Å²) in [6.07, 6.45) is 3.13. The molecule has 2 aliphatic rings. The molecule has 0 amide bonds. The number of rotatable bonds is 5. The van der Waals surface area contributed by atoms with Crippen LogP contribution in [-0.4, -0.2) is 49.1 Å². The molecule has 2 heterocycles. The van der Waals surface area contributed by atoms with Crippen molar-refractivity contribution in [1.82, 2.24) is 4.90 Å². The number of hydrogen-bond donors (Lipinski definition) is 0. The third-order valence-electron chi connectivity index (χ3n) is 5.27. The first-order valence-corrected chi connectivity index (χ1v) is 10.5.